The molecule has 5 heteroatoms. The lowest BCUT2D eigenvalue weighted by Gasteiger charge is -1.99. The number of hydrogen-bond acceptors (Lipinski definition) is 4. The number of carbonyl (C=O) groups is 1. The molecule has 0 saturated heterocycles. The van der Waals surface area contributed by atoms with Crippen molar-refractivity contribution in [3.05, 3.63) is 16.1 Å². The van der Waals surface area contributed by atoms with Crippen LogP contribution in [0.15, 0.2) is 6.20 Å². The molecule has 0 aliphatic carbocycles. The van der Waals surface area contributed by atoms with Crippen LogP contribution >= 0.6 is 11.3 Å². The van der Waals surface area contributed by atoms with Gasteiger partial charge < -0.3 is 10.4 Å². The standard InChI is InChI=1S/C9H14N2O2S/c1-2-8-11-6-7(14-8)9(13)10-4-3-5-12/h6,12H,2-5H2,1H3,(H,10,13). The Kier molecular flexibility index (Phi) is 4.55. The van der Waals surface area contributed by atoms with E-state index in [1.54, 1.807) is 6.20 Å². The summed E-state index contributed by atoms with van der Waals surface area (Å²) in [4.78, 5) is 16.2. The van der Waals surface area contributed by atoms with Gasteiger partial charge in [0.15, 0.2) is 0 Å². The van der Waals surface area contributed by atoms with Crippen molar-refractivity contribution in [2.75, 3.05) is 13.2 Å². The second-order valence-corrected chi connectivity index (χ2v) is 3.92. The van der Waals surface area contributed by atoms with Gasteiger partial charge in [0.1, 0.15) is 4.88 Å². The van der Waals surface area contributed by atoms with Gasteiger partial charge >= 0.3 is 0 Å². The number of nitrogens with zero attached hydrogens (tertiary/aromatic N) is 1. The lowest BCUT2D eigenvalue weighted by Crippen LogP contribution is -2.24. The third-order valence-corrected chi connectivity index (χ3v) is 2.84. The first-order valence-corrected chi connectivity index (χ1v) is 5.43. The van der Waals surface area contributed by atoms with E-state index in [1.165, 1.54) is 11.3 Å². The Morgan fingerprint density at radius 3 is 3.07 bits per heavy atom. The predicted molar refractivity (Wildman–Crippen MR) is 55.5 cm³/mol. The Hall–Kier alpha value is -0.940. The maximum atomic E-state index is 11.4. The zero-order valence-electron chi connectivity index (χ0n) is 8.12. The van der Waals surface area contributed by atoms with Crippen molar-refractivity contribution < 1.29 is 9.90 Å². The van der Waals surface area contributed by atoms with Crippen LogP contribution in [-0.2, 0) is 6.42 Å². The first kappa shape index (κ1) is 11.1. The monoisotopic (exact) mass is 214 g/mol. The van der Waals surface area contributed by atoms with E-state index in [1.807, 2.05) is 6.92 Å². The highest BCUT2D eigenvalue weighted by Gasteiger charge is 2.08. The maximum Gasteiger partial charge on any atom is 0.263 e. The first-order chi connectivity index (χ1) is 6.77. The van der Waals surface area contributed by atoms with Crippen LogP contribution in [0.1, 0.15) is 28.0 Å². The summed E-state index contributed by atoms with van der Waals surface area (Å²) in [6, 6.07) is 0. The second kappa shape index (κ2) is 5.72. The molecule has 4 nitrogen and oxygen atoms in total. The van der Waals surface area contributed by atoms with Crippen molar-refractivity contribution in [1.82, 2.24) is 10.3 Å². The Balaban J connectivity index is 2.44. The van der Waals surface area contributed by atoms with Crippen molar-refractivity contribution in [2.24, 2.45) is 0 Å². The molecule has 2 N–H and O–H groups in total. The van der Waals surface area contributed by atoms with E-state index >= 15 is 0 Å². The Morgan fingerprint density at radius 2 is 2.50 bits per heavy atom. The SMILES string of the molecule is CCc1ncc(C(=O)NCCCO)s1. The summed E-state index contributed by atoms with van der Waals surface area (Å²) in [5.41, 5.74) is 0. The van der Waals surface area contributed by atoms with E-state index in [0.717, 1.165) is 11.4 Å². The van der Waals surface area contributed by atoms with Crippen LogP contribution in [0.25, 0.3) is 0 Å². The van der Waals surface area contributed by atoms with E-state index < -0.39 is 0 Å². The summed E-state index contributed by atoms with van der Waals surface area (Å²) >= 11 is 1.41. The Bertz CT molecular complexity index is 299. The molecule has 0 saturated carbocycles. The molecule has 1 aromatic heterocycles. The summed E-state index contributed by atoms with van der Waals surface area (Å²) in [5, 5.41) is 12.2. The highest BCUT2D eigenvalue weighted by atomic mass is 32.1. The van der Waals surface area contributed by atoms with Crippen LogP contribution in [0, 0.1) is 0 Å². The van der Waals surface area contributed by atoms with Gasteiger partial charge in [-0.25, -0.2) is 4.98 Å². The van der Waals surface area contributed by atoms with Crippen LogP contribution in [0.5, 0.6) is 0 Å². The fourth-order valence-electron chi connectivity index (χ4n) is 0.947. The number of aliphatic hydroxyl groups excluding tert-OH is 1. The van der Waals surface area contributed by atoms with Gasteiger partial charge in [-0.1, -0.05) is 6.92 Å². The molecule has 0 bridgehead atoms. The van der Waals surface area contributed by atoms with Crippen molar-refractivity contribution >= 4 is 17.2 Å². The van der Waals surface area contributed by atoms with Gasteiger partial charge in [0, 0.05) is 13.2 Å². The number of aromatic nitrogens is 1. The number of aryl methyl sites for hydroxylation is 1. The summed E-state index contributed by atoms with van der Waals surface area (Å²) in [6.45, 7) is 2.62. The fourth-order valence-corrected chi connectivity index (χ4v) is 1.72. The first-order valence-electron chi connectivity index (χ1n) is 4.61. The molecule has 1 heterocycles. The minimum atomic E-state index is -0.101. The van der Waals surface area contributed by atoms with Crippen molar-refractivity contribution in [1.29, 1.82) is 0 Å². The maximum absolute atomic E-state index is 11.4. The third kappa shape index (κ3) is 3.08. The van der Waals surface area contributed by atoms with Gasteiger partial charge in [-0.15, -0.1) is 11.3 Å². The second-order valence-electron chi connectivity index (χ2n) is 2.80. The highest BCUT2D eigenvalue weighted by molar-refractivity contribution is 7.13. The molecular formula is C9H14N2O2S. The van der Waals surface area contributed by atoms with E-state index in [9.17, 15) is 4.79 Å². The Morgan fingerprint density at radius 1 is 1.71 bits per heavy atom. The third-order valence-electron chi connectivity index (χ3n) is 1.70. The Labute approximate surface area is 87.0 Å². The van der Waals surface area contributed by atoms with Crippen LogP contribution in [0.2, 0.25) is 0 Å². The molecule has 1 aromatic rings. The number of carbonyl (C=O) groups excluding carboxylic acids is 1. The molecule has 0 atom stereocenters. The van der Waals surface area contributed by atoms with Gasteiger partial charge in [0.2, 0.25) is 0 Å². The normalized spacial score (nSPS) is 10.1. The van der Waals surface area contributed by atoms with E-state index in [2.05, 4.69) is 10.3 Å². The average Bonchev–Trinajstić information content (AvgIpc) is 2.66. The lowest BCUT2D eigenvalue weighted by molar-refractivity contribution is 0.0955. The number of hydrogen-bond donors (Lipinski definition) is 2. The van der Waals surface area contributed by atoms with Gasteiger partial charge in [0.05, 0.1) is 11.2 Å². The number of thiazole rings is 1. The smallest absolute Gasteiger partial charge is 0.263 e. The lowest BCUT2D eigenvalue weighted by atomic mass is 10.4. The highest BCUT2D eigenvalue weighted by Crippen LogP contribution is 2.12. The molecule has 0 unspecified atom stereocenters. The van der Waals surface area contributed by atoms with Gasteiger partial charge in [-0.2, -0.15) is 0 Å². The summed E-state index contributed by atoms with van der Waals surface area (Å²) in [7, 11) is 0. The van der Waals surface area contributed by atoms with Crippen molar-refractivity contribution in [2.45, 2.75) is 19.8 Å². The van der Waals surface area contributed by atoms with Gasteiger partial charge in [-0.05, 0) is 12.8 Å². The largest absolute Gasteiger partial charge is 0.396 e. The zero-order valence-corrected chi connectivity index (χ0v) is 8.93. The fraction of sp³-hybridized carbons (Fsp3) is 0.556. The van der Waals surface area contributed by atoms with E-state index in [4.69, 9.17) is 5.11 Å². The molecule has 1 amide bonds. The van der Waals surface area contributed by atoms with Gasteiger partial charge in [0.25, 0.3) is 5.91 Å². The van der Waals surface area contributed by atoms with Crippen LogP contribution < -0.4 is 5.32 Å². The number of rotatable bonds is 5. The van der Waals surface area contributed by atoms with E-state index in [0.29, 0.717) is 17.8 Å². The predicted octanol–water partition coefficient (Wildman–Crippen LogP) is 0.818. The van der Waals surface area contributed by atoms with Crippen LogP contribution in [-0.4, -0.2) is 29.1 Å². The molecule has 0 fully saturated rings. The van der Waals surface area contributed by atoms with Crippen LogP contribution in [0.3, 0.4) is 0 Å². The average molecular weight is 214 g/mol. The molecule has 0 spiro atoms. The number of aliphatic hydroxyl groups is 1. The van der Waals surface area contributed by atoms with Crippen molar-refractivity contribution in [3.8, 4) is 0 Å². The summed E-state index contributed by atoms with van der Waals surface area (Å²) in [5.74, 6) is -0.101. The summed E-state index contributed by atoms with van der Waals surface area (Å²) < 4.78 is 0. The molecule has 1 rings (SSSR count). The molecule has 0 aliphatic rings. The number of nitrogens with one attached hydrogen (secondary N) is 1. The molecular weight excluding hydrogens is 200 g/mol. The quantitative estimate of drug-likeness (QED) is 0.713. The summed E-state index contributed by atoms with van der Waals surface area (Å²) in [6.07, 6.45) is 3.04. The van der Waals surface area contributed by atoms with E-state index in [-0.39, 0.29) is 12.5 Å². The minimum absolute atomic E-state index is 0.100. The minimum Gasteiger partial charge on any atom is -0.396 e. The molecule has 14 heavy (non-hydrogen) atoms. The number of amides is 1. The zero-order chi connectivity index (χ0) is 10.4. The van der Waals surface area contributed by atoms with Crippen LogP contribution in [0.4, 0.5) is 0 Å². The van der Waals surface area contributed by atoms with Gasteiger partial charge in [-0.3, -0.25) is 4.79 Å². The topological polar surface area (TPSA) is 62.2 Å². The molecule has 0 aliphatic heterocycles. The molecule has 0 aromatic carbocycles. The molecule has 78 valence electrons. The molecule has 0 radical (unpaired) electrons. The van der Waals surface area contributed by atoms with Crippen molar-refractivity contribution in [3.63, 3.8) is 0 Å².